The zero-order valence-corrected chi connectivity index (χ0v) is 12.4. The van der Waals surface area contributed by atoms with Gasteiger partial charge in [0.1, 0.15) is 0 Å². The van der Waals surface area contributed by atoms with Crippen molar-refractivity contribution >= 4 is 28.9 Å². The molecular formula is C15H12ClN3O3. The van der Waals surface area contributed by atoms with Crippen LogP contribution in [0.3, 0.4) is 0 Å². The van der Waals surface area contributed by atoms with Gasteiger partial charge in [-0.3, -0.25) is 14.9 Å². The minimum absolute atomic E-state index is 0.0375. The number of carbonyl (C=O) groups is 1. The van der Waals surface area contributed by atoms with Crippen LogP contribution in [0.4, 0.5) is 5.69 Å². The van der Waals surface area contributed by atoms with Crippen LogP contribution >= 0.6 is 11.6 Å². The summed E-state index contributed by atoms with van der Waals surface area (Å²) in [6.45, 7) is 1.64. The summed E-state index contributed by atoms with van der Waals surface area (Å²) >= 11 is 5.92. The van der Waals surface area contributed by atoms with E-state index in [1.54, 1.807) is 43.3 Å². The van der Waals surface area contributed by atoms with Gasteiger partial charge in [-0.15, -0.1) is 0 Å². The zero-order chi connectivity index (χ0) is 16.1. The second-order valence-electron chi connectivity index (χ2n) is 4.43. The minimum atomic E-state index is -0.487. The van der Waals surface area contributed by atoms with Gasteiger partial charge in [0.05, 0.1) is 21.2 Å². The first-order valence-electron chi connectivity index (χ1n) is 6.33. The number of hydrazone groups is 1. The highest BCUT2D eigenvalue weighted by Gasteiger charge is 2.10. The summed E-state index contributed by atoms with van der Waals surface area (Å²) < 4.78 is 0. The van der Waals surface area contributed by atoms with Crippen LogP contribution in [0.2, 0.25) is 5.02 Å². The quantitative estimate of drug-likeness (QED) is 0.533. The molecule has 1 N–H and O–H groups in total. The van der Waals surface area contributed by atoms with Gasteiger partial charge in [0.25, 0.3) is 11.6 Å². The molecule has 0 saturated heterocycles. The molecule has 0 aliphatic carbocycles. The monoisotopic (exact) mass is 317 g/mol. The second kappa shape index (κ2) is 6.82. The first-order chi connectivity index (χ1) is 10.5. The van der Waals surface area contributed by atoms with Crippen molar-refractivity contribution in [2.24, 2.45) is 5.10 Å². The highest BCUT2D eigenvalue weighted by atomic mass is 35.5. The average molecular weight is 318 g/mol. The molecule has 2 rings (SSSR count). The third-order valence-corrected chi connectivity index (χ3v) is 3.25. The molecule has 0 atom stereocenters. The predicted molar refractivity (Wildman–Crippen MR) is 84.2 cm³/mol. The lowest BCUT2D eigenvalue weighted by molar-refractivity contribution is -0.384. The normalized spacial score (nSPS) is 11.1. The molecule has 6 nitrogen and oxygen atoms in total. The molecule has 2 aromatic rings. The van der Waals surface area contributed by atoms with E-state index >= 15 is 0 Å². The van der Waals surface area contributed by atoms with Crippen LogP contribution in [0.1, 0.15) is 22.8 Å². The van der Waals surface area contributed by atoms with Gasteiger partial charge >= 0.3 is 0 Å². The number of benzene rings is 2. The Morgan fingerprint density at radius 1 is 1.23 bits per heavy atom. The number of nitrogens with one attached hydrogen (secondary N) is 1. The molecule has 7 heteroatoms. The van der Waals surface area contributed by atoms with Gasteiger partial charge in [-0.05, 0) is 19.1 Å². The molecule has 22 heavy (non-hydrogen) atoms. The van der Waals surface area contributed by atoms with Crippen LogP contribution in [-0.4, -0.2) is 16.5 Å². The summed E-state index contributed by atoms with van der Waals surface area (Å²) in [5, 5.41) is 15.0. The van der Waals surface area contributed by atoms with Gasteiger partial charge < -0.3 is 0 Å². The van der Waals surface area contributed by atoms with Crippen molar-refractivity contribution in [3.63, 3.8) is 0 Å². The molecule has 0 aliphatic heterocycles. The second-order valence-corrected chi connectivity index (χ2v) is 4.83. The summed E-state index contributed by atoms with van der Waals surface area (Å²) in [4.78, 5) is 22.2. The Hall–Kier alpha value is -2.73. The summed E-state index contributed by atoms with van der Waals surface area (Å²) in [5.74, 6) is -0.449. The number of nitro groups is 1. The first-order valence-corrected chi connectivity index (χ1v) is 6.71. The Kier molecular flexibility index (Phi) is 4.85. The Bertz CT molecular complexity index is 759. The molecule has 0 fully saturated rings. The number of non-ortho nitro benzene ring substituents is 1. The van der Waals surface area contributed by atoms with Crippen LogP contribution in [0.5, 0.6) is 0 Å². The summed E-state index contributed by atoms with van der Waals surface area (Å²) in [6, 6.07) is 12.6. The Morgan fingerprint density at radius 2 is 1.95 bits per heavy atom. The maximum atomic E-state index is 12.0. The lowest BCUT2D eigenvalue weighted by Crippen LogP contribution is -2.19. The Morgan fingerprint density at radius 3 is 2.64 bits per heavy atom. The van der Waals surface area contributed by atoms with Crippen molar-refractivity contribution in [3.8, 4) is 0 Å². The van der Waals surface area contributed by atoms with Crippen molar-refractivity contribution in [2.45, 2.75) is 6.92 Å². The lowest BCUT2D eigenvalue weighted by Gasteiger charge is -2.04. The van der Waals surface area contributed by atoms with E-state index in [1.165, 1.54) is 12.1 Å². The van der Waals surface area contributed by atoms with Crippen LogP contribution < -0.4 is 5.43 Å². The van der Waals surface area contributed by atoms with Crippen LogP contribution in [0.25, 0.3) is 0 Å². The molecule has 112 valence electrons. The van der Waals surface area contributed by atoms with E-state index in [-0.39, 0.29) is 5.69 Å². The molecular weight excluding hydrogens is 306 g/mol. The van der Waals surface area contributed by atoms with Crippen LogP contribution in [0.15, 0.2) is 53.6 Å². The fourth-order valence-electron chi connectivity index (χ4n) is 1.75. The Balaban J connectivity index is 2.16. The molecule has 0 unspecified atom stereocenters. The fourth-order valence-corrected chi connectivity index (χ4v) is 1.97. The van der Waals surface area contributed by atoms with E-state index in [9.17, 15) is 14.9 Å². The SMILES string of the molecule is C/C(=N/NC(=O)c1ccccc1Cl)c1cccc([N+](=O)[O-])c1. The van der Waals surface area contributed by atoms with Gasteiger partial charge in [0.15, 0.2) is 0 Å². The Labute approximate surface area is 131 Å². The van der Waals surface area contributed by atoms with E-state index < -0.39 is 10.8 Å². The number of hydrogen-bond donors (Lipinski definition) is 1. The highest BCUT2D eigenvalue weighted by molar-refractivity contribution is 6.33. The lowest BCUT2D eigenvalue weighted by atomic mass is 10.1. The number of hydrogen-bond acceptors (Lipinski definition) is 4. The number of rotatable bonds is 4. The van der Waals surface area contributed by atoms with Crippen molar-refractivity contribution in [2.75, 3.05) is 0 Å². The molecule has 0 radical (unpaired) electrons. The third-order valence-electron chi connectivity index (χ3n) is 2.92. The molecule has 0 aromatic heterocycles. The molecule has 0 heterocycles. The summed E-state index contributed by atoms with van der Waals surface area (Å²) in [6.07, 6.45) is 0. The van der Waals surface area contributed by atoms with E-state index in [4.69, 9.17) is 11.6 Å². The largest absolute Gasteiger partial charge is 0.272 e. The predicted octanol–water partition coefficient (Wildman–Crippen LogP) is 3.40. The number of amides is 1. The summed E-state index contributed by atoms with van der Waals surface area (Å²) in [7, 11) is 0. The molecule has 0 spiro atoms. The number of halogens is 1. The van der Waals surface area contributed by atoms with Crippen LogP contribution in [-0.2, 0) is 0 Å². The topological polar surface area (TPSA) is 84.6 Å². The molecule has 1 amide bonds. The highest BCUT2D eigenvalue weighted by Crippen LogP contribution is 2.15. The minimum Gasteiger partial charge on any atom is -0.267 e. The van der Waals surface area contributed by atoms with E-state index in [0.717, 1.165) is 0 Å². The van der Waals surface area contributed by atoms with Gasteiger partial charge in [0, 0.05) is 17.7 Å². The number of nitrogens with zero attached hydrogens (tertiary/aromatic N) is 2. The van der Waals surface area contributed by atoms with Crippen molar-refractivity contribution in [1.29, 1.82) is 0 Å². The first kappa shape index (κ1) is 15.7. The van der Waals surface area contributed by atoms with Crippen molar-refractivity contribution in [1.82, 2.24) is 5.43 Å². The molecule has 2 aromatic carbocycles. The van der Waals surface area contributed by atoms with Crippen LogP contribution in [0, 0.1) is 10.1 Å². The van der Waals surface area contributed by atoms with E-state index in [2.05, 4.69) is 10.5 Å². The average Bonchev–Trinajstić information content (AvgIpc) is 2.52. The maximum absolute atomic E-state index is 12.0. The van der Waals surface area contributed by atoms with Gasteiger partial charge in [-0.2, -0.15) is 5.10 Å². The smallest absolute Gasteiger partial charge is 0.267 e. The number of nitro benzene ring substituents is 1. The molecule has 0 aliphatic rings. The zero-order valence-electron chi connectivity index (χ0n) is 11.6. The molecule has 0 bridgehead atoms. The van der Waals surface area contributed by atoms with Gasteiger partial charge in [-0.25, -0.2) is 5.43 Å². The van der Waals surface area contributed by atoms with Crippen molar-refractivity contribution in [3.05, 3.63) is 74.8 Å². The molecule has 0 saturated carbocycles. The van der Waals surface area contributed by atoms with E-state index in [1.807, 2.05) is 0 Å². The van der Waals surface area contributed by atoms with Crippen molar-refractivity contribution < 1.29 is 9.72 Å². The maximum Gasteiger partial charge on any atom is 0.272 e. The van der Waals surface area contributed by atoms with Gasteiger partial charge in [0.2, 0.25) is 0 Å². The number of carbonyl (C=O) groups excluding carboxylic acids is 1. The van der Waals surface area contributed by atoms with Gasteiger partial charge in [-0.1, -0.05) is 35.9 Å². The standard InChI is InChI=1S/C15H12ClN3O3/c1-10(11-5-4-6-12(9-11)19(21)22)17-18-15(20)13-7-2-3-8-14(13)16/h2-9H,1H3,(H,18,20)/b17-10-. The summed E-state index contributed by atoms with van der Waals surface area (Å²) in [5.41, 5.74) is 3.65. The van der Waals surface area contributed by atoms with E-state index in [0.29, 0.717) is 21.9 Å². The fraction of sp³-hybridized carbons (Fsp3) is 0.0667. The third kappa shape index (κ3) is 3.67.